The molecule has 4 nitrogen and oxygen atoms in total. The molecule has 2 heterocycles. The number of aromatic nitrogens is 1. The van der Waals surface area contributed by atoms with Gasteiger partial charge in [0, 0.05) is 12.4 Å². The van der Waals surface area contributed by atoms with Crippen molar-refractivity contribution in [1.29, 1.82) is 0 Å². The number of anilines is 1. The summed E-state index contributed by atoms with van der Waals surface area (Å²) in [7, 11) is 0. The lowest BCUT2D eigenvalue weighted by molar-refractivity contribution is -0.113. The molecule has 28 heavy (non-hydrogen) atoms. The molecule has 0 atom stereocenters. The second-order valence-electron chi connectivity index (χ2n) is 6.22. The van der Waals surface area contributed by atoms with Crippen LogP contribution in [0.4, 0.5) is 11.4 Å². The number of aliphatic imine (C=N–C) groups is 1. The van der Waals surface area contributed by atoms with E-state index in [1.807, 2.05) is 67.6 Å². The number of pyridine rings is 1. The molecule has 0 N–H and O–H groups in total. The molecule has 0 unspecified atom stereocenters. The molecular weight excluding hydrogens is 390 g/mol. The second-order valence-corrected chi connectivity index (χ2v) is 7.64. The molecule has 0 spiro atoms. The van der Waals surface area contributed by atoms with Crippen LogP contribution in [0.25, 0.3) is 6.08 Å². The highest BCUT2D eigenvalue weighted by Crippen LogP contribution is 2.38. The topological polar surface area (TPSA) is 45.6 Å². The summed E-state index contributed by atoms with van der Waals surface area (Å²) in [4.78, 5) is 24.1. The third-order valence-corrected chi connectivity index (χ3v) is 5.39. The Morgan fingerprint density at radius 2 is 1.93 bits per heavy atom. The van der Waals surface area contributed by atoms with Gasteiger partial charge in [-0.25, -0.2) is 4.99 Å². The fourth-order valence-corrected chi connectivity index (χ4v) is 3.98. The summed E-state index contributed by atoms with van der Waals surface area (Å²) in [6.07, 6.45) is 5.06. The van der Waals surface area contributed by atoms with Crippen LogP contribution in [0.3, 0.4) is 0 Å². The predicted molar refractivity (Wildman–Crippen MR) is 117 cm³/mol. The lowest BCUT2D eigenvalue weighted by Crippen LogP contribution is -2.28. The molecule has 0 aliphatic carbocycles. The van der Waals surface area contributed by atoms with E-state index in [0.717, 1.165) is 16.8 Å². The number of hydrogen-bond acceptors (Lipinski definition) is 4. The Bertz CT molecular complexity index is 1100. The normalized spacial score (nSPS) is 16.9. The van der Waals surface area contributed by atoms with Gasteiger partial charge in [0.25, 0.3) is 5.91 Å². The number of carbonyl (C=O) groups excluding carboxylic acids is 1. The molecule has 1 saturated heterocycles. The third-order valence-electron chi connectivity index (χ3n) is 4.13. The first kappa shape index (κ1) is 18.5. The molecule has 3 aromatic rings. The number of rotatable bonds is 3. The Morgan fingerprint density at radius 3 is 2.68 bits per heavy atom. The first-order chi connectivity index (χ1) is 13.6. The van der Waals surface area contributed by atoms with Gasteiger partial charge < -0.3 is 0 Å². The van der Waals surface area contributed by atoms with Gasteiger partial charge in [-0.05, 0) is 48.5 Å². The zero-order valence-corrected chi connectivity index (χ0v) is 16.6. The molecule has 138 valence electrons. The number of hydrogen-bond donors (Lipinski definition) is 0. The van der Waals surface area contributed by atoms with Gasteiger partial charge >= 0.3 is 0 Å². The van der Waals surface area contributed by atoms with Crippen molar-refractivity contribution in [3.63, 3.8) is 0 Å². The second kappa shape index (κ2) is 8.00. The van der Waals surface area contributed by atoms with Crippen molar-refractivity contribution in [2.24, 2.45) is 4.99 Å². The number of halogens is 1. The Hall–Kier alpha value is -2.89. The molecule has 0 radical (unpaired) electrons. The van der Waals surface area contributed by atoms with E-state index < -0.39 is 0 Å². The summed E-state index contributed by atoms with van der Waals surface area (Å²) < 4.78 is 0. The highest BCUT2D eigenvalue weighted by molar-refractivity contribution is 8.19. The van der Waals surface area contributed by atoms with Gasteiger partial charge in [-0.2, -0.15) is 0 Å². The number of para-hydroxylation sites is 1. The molecule has 0 bridgehead atoms. The number of thioether (sulfide) groups is 1. The fourth-order valence-electron chi connectivity index (χ4n) is 2.83. The molecule has 1 aliphatic heterocycles. The molecule has 1 aromatic heterocycles. The van der Waals surface area contributed by atoms with Crippen molar-refractivity contribution < 1.29 is 4.79 Å². The van der Waals surface area contributed by atoms with Crippen molar-refractivity contribution in [1.82, 2.24) is 4.98 Å². The molecule has 1 fully saturated rings. The van der Waals surface area contributed by atoms with Crippen molar-refractivity contribution in [2.75, 3.05) is 4.90 Å². The molecule has 0 saturated carbocycles. The van der Waals surface area contributed by atoms with Crippen LogP contribution >= 0.6 is 23.4 Å². The van der Waals surface area contributed by atoms with Crippen LogP contribution in [-0.2, 0) is 4.79 Å². The van der Waals surface area contributed by atoms with Gasteiger partial charge in [0.1, 0.15) is 0 Å². The van der Waals surface area contributed by atoms with E-state index in [1.54, 1.807) is 23.4 Å². The van der Waals surface area contributed by atoms with Crippen LogP contribution in [0.5, 0.6) is 0 Å². The fraction of sp³-hybridized carbons (Fsp3) is 0.0455. The maximum Gasteiger partial charge on any atom is 0.271 e. The first-order valence-corrected chi connectivity index (χ1v) is 9.85. The van der Waals surface area contributed by atoms with Crippen molar-refractivity contribution >= 4 is 51.9 Å². The molecule has 6 heteroatoms. The SMILES string of the molecule is Cc1cccc(/C=C2\SC(=Nc3ccncc3Cl)N(c3ccccc3)C2=O)c1. The van der Waals surface area contributed by atoms with Gasteiger partial charge in [-0.1, -0.05) is 59.6 Å². The van der Waals surface area contributed by atoms with Crippen LogP contribution in [0.1, 0.15) is 11.1 Å². The average molecular weight is 406 g/mol. The molecular formula is C22H16ClN3OS. The summed E-state index contributed by atoms with van der Waals surface area (Å²) in [5, 5.41) is 0.996. The standard InChI is InChI=1S/C22H16ClN3OS/c1-15-6-5-7-16(12-15)13-20-21(27)26(17-8-3-2-4-9-17)22(28-20)25-19-10-11-24-14-18(19)23/h2-14H,1H3/b20-13-,25-22?. The Kier molecular flexibility index (Phi) is 5.28. The van der Waals surface area contributed by atoms with E-state index in [1.165, 1.54) is 11.8 Å². The van der Waals surface area contributed by atoms with E-state index in [9.17, 15) is 4.79 Å². The van der Waals surface area contributed by atoms with E-state index >= 15 is 0 Å². The summed E-state index contributed by atoms with van der Waals surface area (Å²) in [6, 6.07) is 19.2. The Labute approximate surface area is 172 Å². The summed E-state index contributed by atoms with van der Waals surface area (Å²) in [6.45, 7) is 2.03. The highest BCUT2D eigenvalue weighted by Gasteiger charge is 2.34. The zero-order valence-electron chi connectivity index (χ0n) is 15.0. The minimum absolute atomic E-state index is 0.110. The van der Waals surface area contributed by atoms with Gasteiger partial charge in [-0.15, -0.1) is 0 Å². The minimum Gasteiger partial charge on any atom is -0.268 e. The van der Waals surface area contributed by atoms with Crippen molar-refractivity contribution in [2.45, 2.75) is 6.92 Å². The number of benzene rings is 2. The van der Waals surface area contributed by atoms with E-state index in [2.05, 4.69) is 9.98 Å². The molecule has 1 amide bonds. The van der Waals surface area contributed by atoms with Gasteiger partial charge in [-0.3, -0.25) is 14.7 Å². The van der Waals surface area contributed by atoms with Gasteiger partial charge in [0.2, 0.25) is 0 Å². The maximum absolute atomic E-state index is 13.2. The number of amides is 1. The third kappa shape index (κ3) is 3.86. The van der Waals surface area contributed by atoms with Gasteiger partial charge in [0.15, 0.2) is 5.17 Å². The van der Waals surface area contributed by atoms with Crippen LogP contribution in [0.2, 0.25) is 5.02 Å². The van der Waals surface area contributed by atoms with Crippen LogP contribution < -0.4 is 4.90 Å². The molecule has 4 rings (SSSR count). The Morgan fingerprint density at radius 1 is 1.11 bits per heavy atom. The van der Waals surface area contributed by atoms with Crippen LogP contribution in [-0.4, -0.2) is 16.1 Å². The smallest absolute Gasteiger partial charge is 0.268 e. The molecule has 2 aromatic carbocycles. The van der Waals surface area contributed by atoms with Crippen LogP contribution in [0, 0.1) is 6.92 Å². The quantitative estimate of drug-likeness (QED) is 0.513. The van der Waals surface area contributed by atoms with Gasteiger partial charge in [0.05, 0.1) is 21.3 Å². The summed E-state index contributed by atoms with van der Waals surface area (Å²) in [5.74, 6) is -0.110. The Balaban J connectivity index is 1.79. The lowest BCUT2D eigenvalue weighted by Gasteiger charge is -2.15. The first-order valence-electron chi connectivity index (χ1n) is 8.66. The van der Waals surface area contributed by atoms with E-state index in [0.29, 0.717) is 20.8 Å². The highest BCUT2D eigenvalue weighted by atomic mass is 35.5. The number of nitrogens with zero attached hydrogens (tertiary/aromatic N) is 3. The van der Waals surface area contributed by atoms with E-state index in [-0.39, 0.29) is 5.91 Å². The monoisotopic (exact) mass is 405 g/mol. The van der Waals surface area contributed by atoms with Crippen molar-refractivity contribution in [3.05, 3.63) is 94.1 Å². The van der Waals surface area contributed by atoms with E-state index in [4.69, 9.17) is 11.6 Å². The molecule has 1 aliphatic rings. The summed E-state index contributed by atoms with van der Waals surface area (Å²) >= 11 is 7.55. The number of carbonyl (C=O) groups is 1. The largest absolute Gasteiger partial charge is 0.271 e. The predicted octanol–water partition coefficient (Wildman–Crippen LogP) is 5.85. The maximum atomic E-state index is 13.2. The minimum atomic E-state index is -0.110. The summed E-state index contributed by atoms with van der Waals surface area (Å²) in [5.41, 5.74) is 3.45. The number of aryl methyl sites for hydroxylation is 1. The lowest BCUT2D eigenvalue weighted by atomic mass is 10.1. The zero-order chi connectivity index (χ0) is 19.5. The van der Waals surface area contributed by atoms with Crippen molar-refractivity contribution in [3.8, 4) is 0 Å². The van der Waals surface area contributed by atoms with Crippen LogP contribution in [0.15, 0.2) is 83.0 Å². The average Bonchev–Trinajstić information content (AvgIpc) is 2.99. The number of amidine groups is 1.